The first kappa shape index (κ1) is 12.1. The summed E-state index contributed by atoms with van der Waals surface area (Å²) in [7, 11) is 0. The standard InChI is InChI=1S/C12H14N4O2/c1-8(2)18-12(17)11-9(13)4-3-5-10(11)16-7-6-14-15-16/h3-8H,13H2,1-2H3. The fourth-order valence-electron chi connectivity index (χ4n) is 1.58. The SMILES string of the molecule is CC(C)OC(=O)c1c(N)cccc1-n1ccnn1. The van der Waals surface area contributed by atoms with Crippen LogP contribution in [0.4, 0.5) is 5.69 Å². The molecule has 0 unspecified atom stereocenters. The van der Waals surface area contributed by atoms with Crippen LogP contribution in [0.2, 0.25) is 0 Å². The molecule has 0 fully saturated rings. The monoisotopic (exact) mass is 246 g/mol. The van der Waals surface area contributed by atoms with Crippen molar-refractivity contribution >= 4 is 11.7 Å². The Hall–Kier alpha value is -2.37. The quantitative estimate of drug-likeness (QED) is 0.654. The molecule has 0 saturated heterocycles. The topological polar surface area (TPSA) is 83.0 Å². The van der Waals surface area contributed by atoms with Crippen LogP contribution in [0.5, 0.6) is 0 Å². The number of esters is 1. The van der Waals surface area contributed by atoms with Crippen molar-refractivity contribution in [2.45, 2.75) is 20.0 Å². The van der Waals surface area contributed by atoms with Crippen LogP contribution < -0.4 is 5.73 Å². The molecule has 0 aliphatic heterocycles. The third kappa shape index (κ3) is 2.32. The third-order valence-electron chi connectivity index (χ3n) is 2.29. The molecule has 1 aromatic carbocycles. The lowest BCUT2D eigenvalue weighted by Gasteiger charge is -2.13. The number of nitrogen functional groups attached to an aromatic ring is 1. The van der Waals surface area contributed by atoms with E-state index >= 15 is 0 Å². The van der Waals surface area contributed by atoms with E-state index in [-0.39, 0.29) is 6.10 Å². The molecular formula is C12H14N4O2. The fraction of sp³-hybridized carbons (Fsp3) is 0.250. The summed E-state index contributed by atoms with van der Waals surface area (Å²) in [6.07, 6.45) is 2.96. The Morgan fingerprint density at radius 3 is 2.83 bits per heavy atom. The van der Waals surface area contributed by atoms with Crippen molar-refractivity contribution in [3.63, 3.8) is 0 Å². The van der Waals surface area contributed by atoms with Gasteiger partial charge in [-0.05, 0) is 26.0 Å². The van der Waals surface area contributed by atoms with E-state index in [1.165, 1.54) is 10.9 Å². The molecule has 1 aromatic heterocycles. The van der Waals surface area contributed by atoms with Gasteiger partial charge >= 0.3 is 5.97 Å². The van der Waals surface area contributed by atoms with Crippen molar-refractivity contribution < 1.29 is 9.53 Å². The lowest BCUT2D eigenvalue weighted by atomic mass is 10.1. The zero-order valence-corrected chi connectivity index (χ0v) is 10.2. The Labute approximate surface area is 104 Å². The molecule has 0 radical (unpaired) electrons. The van der Waals surface area contributed by atoms with Gasteiger partial charge in [0.2, 0.25) is 0 Å². The number of hydrogen-bond acceptors (Lipinski definition) is 5. The third-order valence-corrected chi connectivity index (χ3v) is 2.29. The second kappa shape index (κ2) is 4.87. The maximum absolute atomic E-state index is 12.0. The number of rotatable bonds is 3. The number of hydrogen-bond donors (Lipinski definition) is 1. The molecule has 0 amide bonds. The predicted molar refractivity (Wildman–Crippen MR) is 66.3 cm³/mol. The molecular weight excluding hydrogens is 232 g/mol. The minimum atomic E-state index is -0.464. The van der Waals surface area contributed by atoms with E-state index in [0.717, 1.165) is 0 Å². The van der Waals surface area contributed by atoms with E-state index in [9.17, 15) is 4.79 Å². The van der Waals surface area contributed by atoms with E-state index in [4.69, 9.17) is 10.5 Å². The van der Waals surface area contributed by atoms with Gasteiger partial charge in [-0.3, -0.25) is 0 Å². The predicted octanol–water partition coefficient (Wildman–Crippen LogP) is 1.41. The number of carbonyl (C=O) groups is 1. The van der Waals surface area contributed by atoms with Crippen LogP contribution in [0.1, 0.15) is 24.2 Å². The Morgan fingerprint density at radius 2 is 2.22 bits per heavy atom. The van der Waals surface area contributed by atoms with E-state index in [1.807, 2.05) is 0 Å². The van der Waals surface area contributed by atoms with Gasteiger partial charge in [0.1, 0.15) is 5.56 Å². The zero-order chi connectivity index (χ0) is 13.1. The first-order valence-corrected chi connectivity index (χ1v) is 5.55. The van der Waals surface area contributed by atoms with Crippen LogP contribution in [0.15, 0.2) is 30.6 Å². The molecule has 0 bridgehead atoms. The maximum Gasteiger partial charge on any atom is 0.342 e. The summed E-state index contributed by atoms with van der Waals surface area (Å²) in [5.41, 5.74) is 7.05. The molecule has 0 aliphatic rings. The van der Waals surface area contributed by atoms with Crippen molar-refractivity contribution in [3.05, 3.63) is 36.2 Å². The minimum Gasteiger partial charge on any atom is -0.459 e. The highest BCUT2D eigenvalue weighted by molar-refractivity contribution is 5.99. The molecule has 0 spiro atoms. The van der Waals surface area contributed by atoms with Gasteiger partial charge in [0.25, 0.3) is 0 Å². The smallest absolute Gasteiger partial charge is 0.342 e. The Balaban J connectivity index is 2.48. The normalized spacial score (nSPS) is 10.6. The first-order chi connectivity index (χ1) is 8.59. The van der Waals surface area contributed by atoms with Crippen LogP contribution in [-0.2, 0) is 4.74 Å². The Bertz CT molecular complexity index is 549. The number of aromatic nitrogens is 3. The minimum absolute atomic E-state index is 0.208. The summed E-state index contributed by atoms with van der Waals surface area (Å²) in [5, 5.41) is 7.56. The second-order valence-corrected chi connectivity index (χ2v) is 4.04. The van der Waals surface area contributed by atoms with Gasteiger partial charge in [-0.15, -0.1) is 5.10 Å². The second-order valence-electron chi connectivity index (χ2n) is 4.04. The van der Waals surface area contributed by atoms with Gasteiger partial charge < -0.3 is 10.5 Å². The molecule has 94 valence electrons. The number of carbonyl (C=O) groups excluding carboxylic acids is 1. The fourth-order valence-corrected chi connectivity index (χ4v) is 1.58. The summed E-state index contributed by atoms with van der Waals surface area (Å²) in [5.74, 6) is -0.464. The number of ether oxygens (including phenoxy) is 1. The number of nitrogens with zero attached hydrogens (tertiary/aromatic N) is 3. The van der Waals surface area contributed by atoms with Gasteiger partial charge in [0, 0.05) is 5.69 Å². The summed E-state index contributed by atoms with van der Waals surface area (Å²) in [6, 6.07) is 5.14. The van der Waals surface area contributed by atoms with Crippen molar-refractivity contribution in [3.8, 4) is 5.69 Å². The van der Waals surface area contributed by atoms with E-state index in [0.29, 0.717) is 16.9 Å². The van der Waals surface area contributed by atoms with Crippen LogP contribution in [0.3, 0.4) is 0 Å². The maximum atomic E-state index is 12.0. The van der Waals surface area contributed by atoms with E-state index < -0.39 is 5.97 Å². The van der Waals surface area contributed by atoms with Crippen molar-refractivity contribution in [2.24, 2.45) is 0 Å². The highest BCUT2D eigenvalue weighted by atomic mass is 16.5. The molecule has 0 aliphatic carbocycles. The van der Waals surface area contributed by atoms with Crippen molar-refractivity contribution in [2.75, 3.05) is 5.73 Å². The van der Waals surface area contributed by atoms with Gasteiger partial charge in [0.15, 0.2) is 0 Å². The van der Waals surface area contributed by atoms with Crippen LogP contribution in [0, 0.1) is 0 Å². The van der Waals surface area contributed by atoms with Crippen LogP contribution >= 0.6 is 0 Å². The van der Waals surface area contributed by atoms with E-state index in [1.54, 1.807) is 38.2 Å². The summed E-state index contributed by atoms with van der Waals surface area (Å²) in [6.45, 7) is 3.57. The van der Waals surface area contributed by atoms with Crippen molar-refractivity contribution in [1.82, 2.24) is 15.0 Å². The highest BCUT2D eigenvalue weighted by Crippen LogP contribution is 2.21. The molecule has 6 nitrogen and oxygen atoms in total. The van der Waals surface area contributed by atoms with Gasteiger partial charge in [0.05, 0.1) is 24.2 Å². The number of benzene rings is 1. The van der Waals surface area contributed by atoms with Gasteiger partial charge in [-0.2, -0.15) is 0 Å². The van der Waals surface area contributed by atoms with Gasteiger partial charge in [-0.1, -0.05) is 11.3 Å². The summed E-state index contributed by atoms with van der Waals surface area (Å²) in [4.78, 5) is 12.0. The van der Waals surface area contributed by atoms with Crippen molar-refractivity contribution in [1.29, 1.82) is 0 Å². The Kier molecular flexibility index (Phi) is 3.27. The number of nitrogens with two attached hydrogens (primary N) is 1. The molecule has 0 saturated carbocycles. The highest BCUT2D eigenvalue weighted by Gasteiger charge is 2.19. The molecule has 2 rings (SSSR count). The lowest BCUT2D eigenvalue weighted by molar-refractivity contribution is 0.0379. The summed E-state index contributed by atoms with van der Waals surface area (Å²) < 4.78 is 6.65. The largest absolute Gasteiger partial charge is 0.459 e. The molecule has 0 atom stereocenters. The molecule has 6 heteroatoms. The average Bonchev–Trinajstić information content (AvgIpc) is 2.80. The van der Waals surface area contributed by atoms with E-state index in [2.05, 4.69) is 10.3 Å². The number of anilines is 1. The lowest BCUT2D eigenvalue weighted by Crippen LogP contribution is -2.16. The molecule has 2 N–H and O–H groups in total. The molecule has 2 aromatic rings. The first-order valence-electron chi connectivity index (χ1n) is 5.55. The molecule has 1 heterocycles. The molecule has 18 heavy (non-hydrogen) atoms. The Morgan fingerprint density at radius 1 is 1.44 bits per heavy atom. The van der Waals surface area contributed by atoms with Crippen LogP contribution in [0.25, 0.3) is 5.69 Å². The zero-order valence-electron chi connectivity index (χ0n) is 10.2. The van der Waals surface area contributed by atoms with Gasteiger partial charge in [-0.25, -0.2) is 9.48 Å². The summed E-state index contributed by atoms with van der Waals surface area (Å²) >= 11 is 0. The average molecular weight is 246 g/mol. The van der Waals surface area contributed by atoms with Crippen LogP contribution in [-0.4, -0.2) is 27.1 Å².